The second-order valence-electron chi connectivity index (χ2n) is 19.7. The van der Waals surface area contributed by atoms with Crippen LogP contribution in [0.3, 0.4) is 0 Å². The van der Waals surface area contributed by atoms with E-state index in [1.54, 1.807) is 0 Å². The number of ether oxygens (including phenoxy) is 2. The Bertz CT molecular complexity index is 1960. The summed E-state index contributed by atoms with van der Waals surface area (Å²) in [5, 5.41) is 9.67. The normalized spacial score (nSPS) is 13.8. The van der Waals surface area contributed by atoms with Crippen LogP contribution in [-0.4, -0.2) is 36.4 Å². The lowest BCUT2D eigenvalue weighted by molar-refractivity contribution is -0.161. The maximum atomic E-state index is 12.3. The van der Waals surface area contributed by atoms with Crippen LogP contribution in [0.4, 0.5) is 0 Å². The number of allylic oxidation sites excluding steroid dienone is 36. The van der Waals surface area contributed by atoms with Crippen LogP contribution in [0, 0.1) is 0 Å². The van der Waals surface area contributed by atoms with Gasteiger partial charge in [-0.25, -0.2) is 0 Å². The first-order chi connectivity index (χ1) is 39.6. The summed E-state index contributed by atoms with van der Waals surface area (Å²) in [6.45, 7) is 3.85. The molecule has 0 aliphatic rings. The van der Waals surface area contributed by atoms with Gasteiger partial charge in [-0.2, -0.15) is 0 Å². The Hall–Kier alpha value is -5.78. The molecule has 0 amide bonds. The van der Waals surface area contributed by atoms with Crippen molar-refractivity contribution in [3.8, 4) is 0 Å². The smallest absolute Gasteiger partial charge is 0.306 e. The summed E-state index contributed by atoms with van der Waals surface area (Å²) in [4.78, 5) is 24.6. The molecule has 442 valence electrons. The monoisotopic (exact) mass is 1090 g/mol. The molecule has 5 nitrogen and oxygen atoms in total. The highest BCUT2D eigenvalue weighted by Gasteiger charge is 2.16. The summed E-state index contributed by atoms with van der Waals surface area (Å²) in [5.41, 5.74) is 0. The summed E-state index contributed by atoms with van der Waals surface area (Å²) in [5.74, 6) is -0.660. The third-order valence-electron chi connectivity index (χ3n) is 12.3. The van der Waals surface area contributed by atoms with E-state index in [1.165, 1.54) is 25.7 Å². The van der Waals surface area contributed by atoms with Crippen molar-refractivity contribution in [2.24, 2.45) is 0 Å². The van der Waals surface area contributed by atoms with E-state index < -0.39 is 6.10 Å². The Morgan fingerprint density at radius 3 is 0.762 bits per heavy atom. The minimum atomic E-state index is -0.812. The lowest BCUT2D eigenvalue weighted by Gasteiger charge is -2.15. The highest BCUT2D eigenvalue weighted by atomic mass is 16.6. The standard InChI is InChI=1S/C75H112O5/c1-3-5-7-9-11-13-15-17-19-21-23-25-27-29-30-31-32-33-34-35-36-37-38-39-40-41-42-43-44-46-48-50-52-54-56-58-60-62-64-66-68-70-75(78)80-73(71-76)72-79-74(77)69-67-65-63-61-59-57-55-53-51-49-47-45-28-26-24-22-20-18-16-14-12-10-8-6-4-2/h5-8,11-14,17-20,23-26,29-30,32-33,35-36,38-39,41-42,44-47,50-53,57,59,73,76H,3-4,9-10,15-16,21-22,27-28,31,34,37,40,43,48-49,54-56,58,60-72H2,1-2H3/b7-5-,8-6-,13-11-,14-12-,19-17-,20-18-,25-23-,26-24-,30-29-,33-32-,36-35-,39-38-,42-41-,46-44-,47-45-,52-50-,53-51-,59-57-. The van der Waals surface area contributed by atoms with Crippen molar-refractivity contribution in [1.29, 1.82) is 0 Å². The molecule has 0 saturated heterocycles. The molecule has 0 aliphatic carbocycles. The summed E-state index contributed by atoms with van der Waals surface area (Å²) >= 11 is 0. The molecular formula is C75H112O5. The van der Waals surface area contributed by atoms with Crippen molar-refractivity contribution >= 4 is 11.9 Å². The van der Waals surface area contributed by atoms with Gasteiger partial charge >= 0.3 is 11.9 Å². The van der Waals surface area contributed by atoms with Crippen molar-refractivity contribution in [2.75, 3.05) is 13.2 Å². The molecule has 0 rings (SSSR count). The minimum Gasteiger partial charge on any atom is -0.462 e. The molecule has 0 saturated carbocycles. The molecule has 0 fully saturated rings. The van der Waals surface area contributed by atoms with E-state index in [9.17, 15) is 14.7 Å². The van der Waals surface area contributed by atoms with E-state index in [0.717, 1.165) is 167 Å². The Kier molecular flexibility index (Phi) is 62.6. The molecule has 80 heavy (non-hydrogen) atoms. The van der Waals surface area contributed by atoms with Crippen LogP contribution in [0.15, 0.2) is 219 Å². The summed E-state index contributed by atoms with van der Waals surface area (Å²) < 4.78 is 10.7. The second kappa shape index (κ2) is 67.5. The third kappa shape index (κ3) is 64.7. The zero-order valence-electron chi connectivity index (χ0n) is 50.5. The number of carbonyl (C=O) groups is 2. The van der Waals surface area contributed by atoms with Gasteiger partial charge in [0, 0.05) is 12.8 Å². The first-order valence-electron chi connectivity index (χ1n) is 31.3. The summed E-state index contributed by atoms with van der Waals surface area (Å²) in [6, 6.07) is 0. The molecule has 0 heterocycles. The molecule has 0 aromatic rings. The Balaban J connectivity index is 3.69. The van der Waals surface area contributed by atoms with E-state index in [1.807, 2.05) is 0 Å². The van der Waals surface area contributed by atoms with Gasteiger partial charge in [-0.3, -0.25) is 9.59 Å². The Morgan fingerprint density at radius 1 is 0.287 bits per heavy atom. The van der Waals surface area contributed by atoms with Crippen molar-refractivity contribution in [2.45, 2.75) is 225 Å². The summed E-state index contributed by atoms with van der Waals surface area (Å²) in [6.07, 6.45) is 111. The molecule has 0 radical (unpaired) electrons. The fourth-order valence-corrected chi connectivity index (χ4v) is 7.66. The topological polar surface area (TPSA) is 72.8 Å². The van der Waals surface area contributed by atoms with Crippen molar-refractivity contribution in [3.05, 3.63) is 219 Å². The molecule has 0 spiro atoms. The summed E-state index contributed by atoms with van der Waals surface area (Å²) in [7, 11) is 0. The van der Waals surface area contributed by atoms with Gasteiger partial charge in [0.1, 0.15) is 6.61 Å². The fourth-order valence-electron chi connectivity index (χ4n) is 7.66. The van der Waals surface area contributed by atoms with Gasteiger partial charge in [0.25, 0.3) is 0 Å². The number of unbranched alkanes of at least 4 members (excludes halogenated alkanes) is 10. The van der Waals surface area contributed by atoms with Crippen LogP contribution < -0.4 is 0 Å². The zero-order chi connectivity index (χ0) is 57.6. The largest absolute Gasteiger partial charge is 0.462 e. The lowest BCUT2D eigenvalue weighted by atomic mass is 10.1. The van der Waals surface area contributed by atoms with Crippen LogP contribution in [0.1, 0.15) is 219 Å². The van der Waals surface area contributed by atoms with E-state index in [2.05, 4.69) is 233 Å². The number of hydrogen-bond donors (Lipinski definition) is 1. The van der Waals surface area contributed by atoms with Crippen molar-refractivity contribution in [1.82, 2.24) is 0 Å². The van der Waals surface area contributed by atoms with Gasteiger partial charge in [0.05, 0.1) is 6.61 Å². The maximum absolute atomic E-state index is 12.3. The maximum Gasteiger partial charge on any atom is 0.306 e. The molecule has 0 bridgehead atoms. The lowest BCUT2D eigenvalue weighted by Crippen LogP contribution is -2.28. The van der Waals surface area contributed by atoms with Gasteiger partial charge in [-0.05, 0) is 154 Å². The van der Waals surface area contributed by atoms with Gasteiger partial charge < -0.3 is 14.6 Å². The molecule has 1 unspecified atom stereocenters. The highest BCUT2D eigenvalue weighted by Crippen LogP contribution is 2.12. The van der Waals surface area contributed by atoms with Crippen molar-refractivity contribution < 1.29 is 24.2 Å². The number of aliphatic hydroxyl groups is 1. The molecule has 1 atom stereocenters. The van der Waals surface area contributed by atoms with Crippen LogP contribution in [0.5, 0.6) is 0 Å². The van der Waals surface area contributed by atoms with Crippen LogP contribution in [0.25, 0.3) is 0 Å². The highest BCUT2D eigenvalue weighted by molar-refractivity contribution is 5.70. The molecule has 5 heteroatoms. The number of aliphatic hydroxyl groups excluding tert-OH is 1. The molecule has 1 N–H and O–H groups in total. The first-order valence-corrected chi connectivity index (χ1v) is 31.3. The van der Waals surface area contributed by atoms with Crippen LogP contribution >= 0.6 is 0 Å². The third-order valence-corrected chi connectivity index (χ3v) is 12.3. The number of esters is 2. The van der Waals surface area contributed by atoms with Crippen LogP contribution in [-0.2, 0) is 19.1 Å². The van der Waals surface area contributed by atoms with Crippen molar-refractivity contribution in [3.63, 3.8) is 0 Å². The quantitative estimate of drug-likeness (QED) is 0.0373. The predicted octanol–water partition coefficient (Wildman–Crippen LogP) is 22.0. The zero-order valence-corrected chi connectivity index (χ0v) is 50.5. The SMILES string of the molecule is CC/C=C\C/C=C\C/C=C\C/C=C\C/C=C\C/C=C\C/C=C\C/C=C\C/C=C\C/C=C\C/C=C\CCCCCCCCCC(=O)OC(CO)COC(=O)CCCCC/C=C\C/C=C\C/C=C\C/C=C\C/C=C\C/C=C\C/C=C\CC. The number of hydrogen-bond acceptors (Lipinski definition) is 5. The molecule has 0 aromatic heterocycles. The Morgan fingerprint density at radius 2 is 0.500 bits per heavy atom. The van der Waals surface area contributed by atoms with Gasteiger partial charge in [-0.15, -0.1) is 0 Å². The molecular weight excluding hydrogens is 981 g/mol. The minimum absolute atomic E-state index is 0.103. The second-order valence-corrected chi connectivity index (χ2v) is 19.7. The predicted molar refractivity (Wildman–Crippen MR) is 352 cm³/mol. The molecule has 0 aliphatic heterocycles. The first kappa shape index (κ1) is 74.2. The molecule has 0 aromatic carbocycles. The number of carbonyl (C=O) groups excluding carboxylic acids is 2. The number of rotatable bonds is 54. The van der Waals surface area contributed by atoms with E-state index in [4.69, 9.17) is 9.47 Å². The van der Waals surface area contributed by atoms with Gasteiger partial charge in [0.15, 0.2) is 6.10 Å². The Labute approximate surface area is 491 Å². The van der Waals surface area contributed by atoms with E-state index in [0.29, 0.717) is 12.8 Å². The van der Waals surface area contributed by atoms with Crippen LogP contribution in [0.2, 0.25) is 0 Å². The van der Waals surface area contributed by atoms with Gasteiger partial charge in [0.2, 0.25) is 0 Å². The van der Waals surface area contributed by atoms with Gasteiger partial charge in [-0.1, -0.05) is 271 Å². The van der Waals surface area contributed by atoms with E-state index in [-0.39, 0.29) is 25.2 Å². The average molecular weight is 1090 g/mol. The van der Waals surface area contributed by atoms with E-state index >= 15 is 0 Å². The fraction of sp³-hybridized carbons (Fsp3) is 0.493. The average Bonchev–Trinajstić information content (AvgIpc) is 3.46.